The lowest BCUT2D eigenvalue weighted by atomic mass is 9.95. The minimum atomic E-state index is -4.81. The Morgan fingerprint density at radius 1 is 1.42 bits per heavy atom. The van der Waals surface area contributed by atoms with Crippen molar-refractivity contribution in [1.82, 2.24) is 4.90 Å². The zero-order chi connectivity index (χ0) is 14.2. The van der Waals surface area contributed by atoms with Gasteiger partial charge in [-0.1, -0.05) is 24.6 Å². The van der Waals surface area contributed by atoms with Gasteiger partial charge in [-0.05, 0) is 35.6 Å². The monoisotopic (exact) mass is 291 g/mol. The van der Waals surface area contributed by atoms with Crippen LogP contribution in [0.2, 0.25) is 5.02 Å². The van der Waals surface area contributed by atoms with Gasteiger partial charge in [-0.2, -0.15) is 13.2 Å². The average Bonchev–Trinajstić information content (AvgIpc) is 2.47. The number of halogens is 4. The van der Waals surface area contributed by atoms with Gasteiger partial charge >= 0.3 is 12.1 Å². The predicted molar refractivity (Wildman–Crippen MR) is 66.2 cm³/mol. The second-order valence-corrected chi connectivity index (χ2v) is 5.18. The molecule has 0 saturated carbocycles. The number of alkyl halides is 3. The van der Waals surface area contributed by atoms with E-state index in [1.54, 1.807) is 19.1 Å². The molecule has 1 heterocycles. The Labute approximate surface area is 114 Å². The van der Waals surface area contributed by atoms with Gasteiger partial charge in [0, 0.05) is 18.1 Å². The van der Waals surface area contributed by atoms with E-state index >= 15 is 0 Å². The molecule has 1 atom stereocenters. The summed E-state index contributed by atoms with van der Waals surface area (Å²) in [6.45, 7) is 1.94. The maximum atomic E-state index is 12.5. The summed E-state index contributed by atoms with van der Waals surface area (Å²) in [5, 5.41) is 0.557. The number of amides is 1. The first-order valence-corrected chi connectivity index (χ1v) is 6.31. The number of rotatable bonds is 0. The van der Waals surface area contributed by atoms with Crippen molar-refractivity contribution in [1.29, 1.82) is 0 Å². The van der Waals surface area contributed by atoms with E-state index in [0.717, 1.165) is 16.0 Å². The van der Waals surface area contributed by atoms with Crippen molar-refractivity contribution in [2.24, 2.45) is 0 Å². The van der Waals surface area contributed by atoms with Gasteiger partial charge in [0.2, 0.25) is 0 Å². The van der Waals surface area contributed by atoms with Gasteiger partial charge in [0.05, 0.1) is 0 Å². The molecule has 0 saturated heterocycles. The van der Waals surface area contributed by atoms with Crippen LogP contribution in [-0.2, 0) is 11.2 Å². The first kappa shape index (κ1) is 14.2. The third-order valence-corrected chi connectivity index (χ3v) is 3.55. The van der Waals surface area contributed by atoms with Gasteiger partial charge in [0.1, 0.15) is 0 Å². The first-order chi connectivity index (χ1) is 8.79. The Kier molecular flexibility index (Phi) is 3.76. The molecule has 19 heavy (non-hydrogen) atoms. The molecule has 2 rings (SSSR count). The van der Waals surface area contributed by atoms with Crippen LogP contribution in [0.25, 0.3) is 0 Å². The van der Waals surface area contributed by atoms with Crippen molar-refractivity contribution >= 4 is 17.5 Å². The fourth-order valence-electron chi connectivity index (χ4n) is 2.39. The highest BCUT2D eigenvalue weighted by Gasteiger charge is 2.43. The topological polar surface area (TPSA) is 20.3 Å². The number of benzene rings is 1. The summed E-state index contributed by atoms with van der Waals surface area (Å²) in [5.41, 5.74) is 1.87. The Morgan fingerprint density at radius 3 is 2.74 bits per heavy atom. The van der Waals surface area contributed by atoms with Crippen molar-refractivity contribution < 1.29 is 18.0 Å². The summed E-state index contributed by atoms with van der Waals surface area (Å²) >= 11 is 5.91. The Balaban J connectivity index is 2.25. The molecule has 0 aromatic heterocycles. The summed E-state index contributed by atoms with van der Waals surface area (Å²) < 4.78 is 37.4. The second kappa shape index (κ2) is 5.04. The molecule has 0 fully saturated rings. The molecule has 0 unspecified atom stereocenters. The van der Waals surface area contributed by atoms with Crippen LogP contribution in [0.3, 0.4) is 0 Å². The van der Waals surface area contributed by atoms with E-state index in [2.05, 4.69) is 0 Å². The van der Waals surface area contributed by atoms with E-state index in [0.29, 0.717) is 11.4 Å². The van der Waals surface area contributed by atoms with Crippen LogP contribution in [0, 0.1) is 0 Å². The third kappa shape index (κ3) is 3.03. The van der Waals surface area contributed by atoms with Crippen LogP contribution < -0.4 is 0 Å². The van der Waals surface area contributed by atoms with Crippen molar-refractivity contribution in [3.63, 3.8) is 0 Å². The lowest BCUT2D eigenvalue weighted by molar-refractivity contribution is -0.185. The Hall–Kier alpha value is -1.23. The maximum absolute atomic E-state index is 12.5. The van der Waals surface area contributed by atoms with Gasteiger partial charge in [-0.3, -0.25) is 4.79 Å². The van der Waals surface area contributed by atoms with Crippen molar-refractivity contribution in [2.75, 3.05) is 13.1 Å². The second-order valence-electron chi connectivity index (χ2n) is 4.74. The average molecular weight is 292 g/mol. The molecule has 1 aliphatic heterocycles. The maximum Gasteiger partial charge on any atom is 0.471 e. The normalized spacial score (nSPS) is 19.8. The van der Waals surface area contributed by atoms with Gasteiger partial charge < -0.3 is 4.90 Å². The molecule has 1 amide bonds. The number of nitrogens with zero attached hydrogens (tertiary/aromatic N) is 1. The molecule has 1 aromatic carbocycles. The largest absolute Gasteiger partial charge is 0.471 e. The molecule has 2 nitrogen and oxygen atoms in total. The molecule has 0 radical (unpaired) electrons. The molecule has 1 aromatic rings. The molecule has 6 heteroatoms. The van der Waals surface area contributed by atoms with Crippen LogP contribution in [0.5, 0.6) is 0 Å². The quantitative estimate of drug-likeness (QED) is 0.717. The fraction of sp³-hybridized carbons (Fsp3) is 0.462. The van der Waals surface area contributed by atoms with Crippen LogP contribution in [0.15, 0.2) is 18.2 Å². The number of hydrogen-bond donors (Lipinski definition) is 0. The van der Waals surface area contributed by atoms with Gasteiger partial charge in [0.15, 0.2) is 0 Å². The standard InChI is InChI=1S/C13H13ClF3NO/c1-8-7-18(12(19)13(15,16)17)5-4-9-2-3-10(14)6-11(8)9/h2-3,6,8H,4-5,7H2,1H3/t8-/m0/s1. The van der Waals surface area contributed by atoms with Crippen LogP contribution in [0.1, 0.15) is 24.0 Å². The minimum absolute atomic E-state index is 0.0612. The number of fused-ring (bicyclic) bond motifs is 1. The summed E-state index contributed by atoms with van der Waals surface area (Å²) in [6, 6.07) is 5.30. The molecule has 104 valence electrons. The summed E-state index contributed by atoms with van der Waals surface area (Å²) in [6.07, 6.45) is -4.40. The highest BCUT2D eigenvalue weighted by Crippen LogP contribution is 2.29. The van der Waals surface area contributed by atoms with Crippen LogP contribution in [-0.4, -0.2) is 30.1 Å². The van der Waals surface area contributed by atoms with E-state index in [-0.39, 0.29) is 19.0 Å². The lowest BCUT2D eigenvalue weighted by Crippen LogP contribution is -2.42. The Morgan fingerprint density at radius 2 is 2.11 bits per heavy atom. The molecule has 0 spiro atoms. The van der Waals surface area contributed by atoms with E-state index in [9.17, 15) is 18.0 Å². The fourth-order valence-corrected chi connectivity index (χ4v) is 2.57. The number of carbonyl (C=O) groups excluding carboxylic acids is 1. The Bertz CT molecular complexity index is 501. The molecule has 0 aliphatic carbocycles. The smallest absolute Gasteiger partial charge is 0.334 e. The van der Waals surface area contributed by atoms with E-state index in [1.165, 1.54) is 0 Å². The number of carbonyl (C=O) groups is 1. The van der Waals surface area contributed by atoms with Crippen LogP contribution >= 0.6 is 11.6 Å². The van der Waals surface area contributed by atoms with Gasteiger partial charge in [0.25, 0.3) is 0 Å². The zero-order valence-corrected chi connectivity index (χ0v) is 11.1. The lowest BCUT2D eigenvalue weighted by Gasteiger charge is -2.23. The molecule has 0 N–H and O–H groups in total. The number of hydrogen-bond acceptors (Lipinski definition) is 1. The summed E-state index contributed by atoms with van der Waals surface area (Å²) in [4.78, 5) is 12.2. The van der Waals surface area contributed by atoms with E-state index < -0.39 is 12.1 Å². The van der Waals surface area contributed by atoms with Crippen molar-refractivity contribution in [3.05, 3.63) is 34.3 Å². The highest BCUT2D eigenvalue weighted by atomic mass is 35.5. The SMILES string of the molecule is C[C@H]1CN(C(=O)C(F)(F)F)CCc2ccc(Cl)cc21. The third-order valence-electron chi connectivity index (χ3n) is 3.31. The van der Waals surface area contributed by atoms with E-state index in [4.69, 9.17) is 11.6 Å². The zero-order valence-electron chi connectivity index (χ0n) is 10.3. The molecular weight excluding hydrogens is 279 g/mol. The summed E-state index contributed by atoms with van der Waals surface area (Å²) in [5.74, 6) is -1.93. The highest BCUT2D eigenvalue weighted by molar-refractivity contribution is 6.30. The van der Waals surface area contributed by atoms with Gasteiger partial charge in [-0.15, -0.1) is 0 Å². The minimum Gasteiger partial charge on any atom is -0.334 e. The van der Waals surface area contributed by atoms with Crippen molar-refractivity contribution in [3.8, 4) is 0 Å². The molecule has 0 bridgehead atoms. The summed E-state index contributed by atoms with van der Waals surface area (Å²) in [7, 11) is 0. The first-order valence-electron chi connectivity index (χ1n) is 5.93. The van der Waals surface area contributed by atoms with Gasteiger partial charge in [-0.25, -0.2) is 0 Å². The van der Waals surface area contributed by atoms with E-state index in [1.807, 2.05) is 6.07 Å². The predicted octanol–water partition coefficient (Wildman–Crippen LogP) is 3.39. The molecular formula is C13H13ClF3NO. The van der Waals surface area contributed by atoms with Crippen molar-refractivity contribution in [2.45, 2.75) is 25.4 Å². The van der Waals surface area contributed by atoms with Crippen LogP contribution in [0.4, 0.5) is 13.2 Å². The molecule has 1 aliphatic rings.